The summed E-state index contributed by atoms with van der Waals surface area (Å²) in [7, 11) is 0. The minimum Gasteiger partial charge on any atom is -0.508 e. The predicted octanol–water partition coefficient (Wildman–Crippen LogP) is 6.98. The number of H-pyrrole nitrogens is 1. The van der Waals surface area contributed by atoms with E-state index in [9.17, 15) is 5.11 Å². The van der Waals surface area contributed by atoms with Gasteiger partial charge in [0.05, 0.1) is 5.69 Å². The lowest BCUT2D eigenvalue weighted by Gasteiger charge is -2.13. The maximum Gasteiger partial charge on any atom is 0.200 e. The van der Waals surface area contributed by atoms with Gasteiger partial charge in [-0.3, -0.25) is 9.67 Å². The van der Waals surface area contributed by atoms with E-state index in [1.54, 1.807) is 6.08 Å². The number of aliphatic hydroxyl groups excluding tert-OH is 1. The highest BCUT2D eigenvalue weighted by Gasteiger charge is 2.15. The smallest absolute Gasteiger partial charge is 0.200 e. The number of aryl methyl sites for hydroxylation is 1. The van der Waals surface area contributed by atoms with E-state index in [4.69, 9.17) is 12.2 Å². The number of aromatic nitrogens is 3. The van der Waals surface area contributed by atoms with Gasteiger partial charge in [0.1, 0.15) is 5.76 Å². The molecule has 2 aromatic carbocycles. The molecule has 5 heteroatoms. The fourth-order valence-electron chi connectivity index (χ4n) is 3.52. The van der Waals surface area contributed by atoms with E-state index in [0.717, 1.165) is 40.9 Å². The molecule has 2 N–H and O–H groups in total. The molecule has 0 bridgehead atoms. The Hall–Kier alpha value is -2.92. The topological polar surface area (TPSA) is 53.8 Å². The van der Waals surface area contributed by atoms with Crippen molar-refractivity contribution in [1.29, 1.82) is 0 Å². The Balaban J connectivity index is 2.26. The molecule has 0 fully saturated rings. The Bertz CT molecular complexity index is 1180. The van der Waals surface area contributed by atoms with Crippen LogP contribution in [0.3, 0.4) is 0 Å². The highest BCUT2D eigenvalue weighted by atomic mass is 32.1. The molecule has 150 valence electrons. The number of nitrogens with one attached hydrogen (secondary N) is 1. The second-order valence-electron chi connectivity index (χ2n) is 6.92. The van der Waals surface area contributed by atoms with Gasteiger partial charge in [-0.1, -0.05) is 50.3 Å². The SMILES string of the molecule is C/C=C/C(O)=C(\C=C(/CC)c1n[nH]c(=S)n1-c1ccc(C)c2ccccc12)CC. The summed E-state index contributed by atoms with van der Waals surface area (Å²) in [5.41, 5.74) is 4.10. The number of nitrogens with zero attached hydrogens (tertiary/aromatic N) is 2. The molecule has 0 aliphatic heterocycles. The van der Waals surface area contributed by atoms with Crippen molar-refractivity contribution in [3.8, 4) is 5.69 Å². The highest BCUT2D eigenvalue weighted by molar-refractivity contribution is 7.71. The van der Waals surface area contributed by atoms with Crippen LogP contribution in [0.4, 0.5) is 0 Å². The molecule has 3 rings (SSSR count). The number of hydrogen-bond acceptors (Lipinski definition) is 3. The first-order chi connectivity index (χ1) is 14.0. The zero-order valence-corrected chi connectivity index (χ0v) is 18.2. The summed E-state index contributed by atoms with van der Waals surface area (Å²) in [6, 6.07) is 12.5. The van der Waals surface area contributed by atoms with Crippen molar-refractivity contribution in [3.63, 3.8) is 0 Å². The van der Waals surface area contributed by atoms with Crippen LogP contribution in [0, 0.1) is 11.7 Å². The Morgan fingerprint density at radius 2 is 1.86 bits per heavy atom. The molecule has 0 atom stereocenters. The molecular formula is C24H27N3OS. The molecule has 0 saturated heterocycles. The molecular weight excluding hydrogens is 378 g/mol. The molecule has 3 aromatic rings. The van der Waals surface area contributed by atoms with Gasteiger partial charge >= 0.3 is 0 Å². The second-order valence-corrected chi connectivity index (χ2v) is 7.31. The van der Waals surface area contributed by atoms with Gasteiger partial charge in [-0.2, -0.15) is 5.10 Å². The van der Waals surface area contributed by atoms with Crippen molar-refractivity contribution in [2.45, 2.75) is 40.5 Å². The number of fused-ring (bicyclic) bond motifs is 1. The third kappa shape index (κ3) is 4.10. The van der Waals surface area contributed by atoms with Crippen molar-refractivity contribution < 1.29 is 5.11 Å². The Morgan fingerprint density at radius 3 is 2.52 bits per heavy atom. The van der Waals surface area contributed by atoms with E-state index in [-0.39, 0.29) is 5.76 Å². The van der Waals surface area contributed by atoms with Gasteiger partial charge < -0.3 is 5.11 Å². The monoisotopic (exact) mass is 405 g/mol. The lowest BCUT2D eigenvalue weighted by molar-refractivity contribution is 0.425. The lowest BCUT2D eigenvalue weighted by atomic mass is 10.0. The number of aliphatic hydroxyl groups is 1. The average Bonchev–Trinajstić information content (AvgIpc) is 3.11. The van der Waals surface area contributed by atoms with Crippen LogP contribution in [-0.2, 0) is 0 Å². The summed E-state index contributed by atoms with van der Waals surface area (Å²) in [5.74, 6) is 1.05. The summed E-state index contributed by atoms with van der Waals surface area (Å²) in [6.07, 6.45) is 7.05. The molecule has 0 aliphatic carbocycles. The van der Waals surface area contributed by atoms with E-state index in [1.807, 2.05) is 42.7 Å². The summed E-state index contributed by atoms with van der Waals surface area (Å²) in [6.45, 7) is 8.12. The predicted molar refractivity (Wildman–Crippen MR) is 124 cm³/mol. The Morgan fingerprint density at radius 1 is 1.14 bits per heavy atom. The van der Waals surface area contributed by atoms with Gasteiger partial charge in [-0.05, 0) is 79.2 Å². The van der Waals surface area contributed by atoms with Crippen LogP contribution in [0.25, 0.3) is 22.0 Å². The van der Waals surface area contributed by atoms with Crippen LogP contribution in [0.1, 0.15) is 45.0 Å². The van der Waals surface area contributed by atoms with E-state index in [0.29, 0.717) is 4.77 Å². The van der Waals surface area contributed by atoms with Crippen molar-refractivity contribution in [2.24, 2.45) is 0 Å². The standard InChI is InChI=1S/C24H27N3OS/c1-5-10-22(28)17(6-2)15-18(7-3)23-25-26-24(29)27(23)21-14-13-16(4)19-11-8-9-12-20(19)21/h5,8-15,28H,6-7H2,1-4H3,(H,26,29)/b10-5+,18-15+,22-17+. The largest absolute Gasteiger partial charge is 0.508 e. The highest BCUT2D eigenvalue weighted by Crippen LogP contribution is 2.29. The van der Waals surface area contributed by atoms with Crippen LogP contribution in [0.2, 0.25) is 0 Å². The molecule has 0 saturated carbocycles. The van der Waals surface area contributed by atoms with Crippen LogP contribution in [0.15, 0.2) is 66.0 Å². The number of benzene rings is 2. The Labute approximate surface area is 176 Å². The number of hydrogen-bond donors (Lipinski definition) is 2. The van der Waals surface area contributed by atoms with Crippen LogP contribution in [-0.4, -0.2) is 19.9 Å². The summed E-state index contributed by atoms with van der Waals surface area (Å²) >= 11 is 5.60. The normalized spacial score (nSPS) is 13.3. The van der Waals surface area contributed by atoms with E-state index in [1.165, 1.54) is 10.9 Å². The molecule has 0 aliphatic rings. The van der Waals surface area contributed by atoms with E-state index >= 15 is 0 Å². The lowest BCUT2D eigenvalue weighted by Crippen LogP contribution is -2.03. The van der Waals surface area contributed by atoms with Gasteiger partial charge in [0.15, 0.2) is 10.6 Å². The zero-order chi connectivity index (χ0) is 21.0. The van der Waals surface area contributed by atoms with Gasteiger partial charge in [-0.15, -0.1) is 0 Å². The first-order valence-electron chi connectivity index (χ1n) is 9.93. The fourth-order valence-corrected chi connectivity index (χ4v) is 3.75. The van der Waals surface area contributed by atoms with Crippen LogP contribution < -0.4 is 0 Å². The summed E-state index contributed by atoms with van der Waals surface area (Å²) < 4.78 is 2.54. The van der Waals surface area contributed by atoms with Crippen molar-refractivity contribution in [1.82, 2.24) is 14.8 Å². The van der Waals surface area contributed by atoms with E-state index in [2.05, 4.69) is 48.3 Å². The van der Waals surface area contributed by atoms with Crippen molar-refractivity contribution in [3.05, 3.63) is 82.1 Å². The quantitative estimate of drug-likeness (QED) is 0.264. The average molecular weight is 406 g/mol. The minimum atomic E-state index is 0.280. The molecule has 0 spiro atoms. The summed E-state index contributed by atoms with van der Waals surface area (Å²) in [4.78, 5) is 0. The zero-order valence-electron chi connectivity index (χ0n) is 17.4. The van der Waals surface area contributed by atoms with E-state index < -0.39 is 0 Å². The molecule has 29 heavy (non-hydrogen) atoms. The number of allylic oxidation sites excluding steroid dienone is 5. The third-order valence-electron chi connectivity index (χ3n) is 5.08. The molecule has 0 amide bonds. The van der Waals surface area contributed by atoms with Gasteiger partial charge in [0, 0.05) is 5.39 Å². The van der Waals surface area contributed by atoms with Gasteiger partial charge in [0.25, 0.3) is 0 Å². The van der Waals surface area contributed by atoms with Gasteiger partial charge in [0.2, 0.25) is 0 Å². The fraction of sp³-hybridized carbons (Fsp3) is 0.250. The van der Waals surface area contributed by atoms with Gasteiger partial charge in [-0.25, -0.2) is 0 Å². The molecule has 1 heterocycles. The first kappa shape index (κ1) is 20.8. The van der Waals surface area contributed by atoms with Crippen LogP contribution >= 0.6 is 12.2 Å². The van der Waals surface area contributed by atoms with Crippen LogP contribution in [0.5, 0.6) is 0 Å². The molecule has 0 unspecified atom stereocenters. The molecule has 1 aromatic heterocycles. The maximum atomic E-state index is 10.4. The second kappa shape index (κ2) is 9.05. The molecule has 0 radical (unpaired) electrons. The van der Waals surface area contributed by atoms with Crippen molar-refractivity contribution >= 4 is 28.6 Å². The van der Waals surface area contributed by atoms with Crippen molar-refractivity contribution in [2.75, 3.05) is 0 Å². The minimum absolute atomic E-state index is 0.280. The summed E-state index contributed by atoms with van der Waals surface area (Å²) in [5, 5.41) is 20.2. The maximum absolute atomic E-state index is 10.4. The third-order valence-corrected chi connectivity index (χ3v) is 5.36. The Kier molecular flexibility index (Phi) is 6.49. The number of aromatic amines is 1. The first-order valence-corrected chi connectivity index (χ1v) is 10.3. The molecule has 4 nitrogen and oxygen atoms in total. The number of rotatable bonds is 6.